The van der Waals surface area contributed by atoms with Crippen molar-refractivity contribution in [2.45, 2.75) is 23.9 Å². The Balaban J connectivity index is 2.01. The van der Waals surface area contributed by atoms with E-state index >= 15 is 0 Å². The molecule has 0 aliphatic carbocycles. The standard InChI is InChI=1S/C22H24N2O2S/c1-17-13-15-20(16-14-17)27(25,26)24-22(19-11-7-4-8-12-19)21(23-2)18-9-5-3-6-10-18/h3-16,21-24H,1-2H3/t21-,22-/m0/s1. The van der Waals surface area contributed by atoms with Gasteiger partial charge in [-0.1, -0.05) is 78.4 Å². The molecule has 2 N–H and O–H groups in total. The third-order valence-corrected chi connectivity index (χ3v) is 6.03. The first-order valence-corrected chi connectivity index (χ1v) is 10.4. The third kappa shape index (κ3) is 4.63. The highest BCUT2D eigenvalue weighted by molar-refractivity contribution is 7.89. The fourth-order valence-electron chi connectivity index (χ4n) is 3.13. The minimum atomic E-state index is -3.68. The van der Waals surface area contributed by atoms with Gasteiger partial charge in [-0.25, -0.2) is 13.1 Å². The van der Waals surface area contributed by atoms with Gasteiger partial charge in [0, 0.05) is 0 Å². The monoisotopic (exact) mass is 380 g/mol. The maximum Gasteiger partial charge on any atom is 0.241 e. The molecular weight excluding hydrogens is 356 g/mol. The zero-order chi connectivity index (χ0) is 19.3. The van der Waals surface area contributed by atoms with Gasteiger partial charge in [-0.3, -0.25) is 0 Å². The van der Waals surface area contributed by atoms with Crippen molar-refractivity contribution >= 4 is 10.0 Å². The van der Waals surface area contributed by atoms with Crippen LogP contribution >= 0.6 is 0 Å². The van der Waals surface area contributed by atoms with Crippen molar-refractivity contribution in [3.8, 4) is 0 Å². The summed E-state index contributed by atoms with van der Waals surface area (Å²) in [4.78, 5) is 0.261. The van der Waals surface area contributed by atoms with E-state index in [1.54, 1.807) is 24.3 Å². The van der Waals surface area contributed by atoms with Crippen LogP contribution in [-0.2, 0) is 10.0 Å². The molecule has 140 valence electrons. The highest BCUT2D eigenvalue weighted by Crippen LogP contribution is 2.30. The van der Waals surface area contributed by atoms with Crippen LogP contribution in [0.15, 0.2) is 89.8 Å². The summed E-state index contributed by atoms with van der Waals surface area (Å²) in [7, 11) is -1.84. The minimum absolute atomic E-state index is 0.214. The SMILES string of the molecule is CN[C@@H](c1ccccc1)[C@@H](NS(=O)(=O)c1ccc(C)cc1)c1ccccc1. The number of hydrogen-bond acceptors (Lipinski definition) is 3. The largest absolute Gasteiger partial charge is 0.311 e. The van der Waals surface area contributed by atoms with Gasteiger partial charge < -0.3 is 5.32 Å². The van der Waals surface area contributed by atoms with Crippen molar-refractivity contribution in [1.82, 2.24) is 10.0 Å². The predicted molar refractivity (Wildman–Crippen MR) is 109 cm³/mol. The molecule has 0 fully saturated rings. The van der Waals surface area contributed by atoms with E-state index < -0.39 is 16.1 Å². The maximum absolute atomic E-state index is 13.0. The number of benzene rings is 3. The zero-order valence-electron chi connectivity index (χ0n) is 15.5. The Kier molecular flexibility index (Phi) is 6.06. The van der Waals surface area contributed by atoms with Crippen LogP contribution < -0.4 is 10.0 Å². The van der Waals surface area contributed by atoms with E-state index in [2.05, 4.69) is 10.0 Å². The molecule has 27 heavy (non-hydrogen) atoms. The second-order valence-electron chi connectivity index (χ2n) is 6.50. The van der Waals surface area contributed by atoms with Gasteiger partial charge in [0.25, 0.3) is 0 Å². The third-order valence-electron chi connectivity index (χ3n) is 4.58. The molecule has 0 aromatic heterocycles. The van der Waals surface area contributed by atoms with Crippen molar-refractivity contribution in [3.05, 3.63) is 102 Å². The van der Waals surface area contributed by atoms with Gasteiger partial charge in [0.15, 0.2) is 0 Å². The van der Waals surface area contributed by atoms with E-state index in [1.807, 2.05) is 74.6 Å². The Hall–Kier alpha value is -2.47. The van der Waals surface area contributed by atoms with E-state index in [4.69, 9.17) is 0 Å². The van der Waals surface area contributed by atoms with Crippen molar-refractivity contribution in [1.29, 1.82) is 0 Å². The van der Waals surface area contributed by atoms with Crippen LogP contribution in [0.2, 0.25) is 0 Å². The number of sulfonamides is 1. The molecule has 0 saturated carbocycles. The van der Waals surface area contributed by atoms with Crippen molar-refractivity contribution in [2.75, 3.05) is 7.05 Å². The number of likely N-dealkylation sites (N-methyl/N-ethyl adjacent to an activating group) is 1. The van der Waals surface area contributed by atoms with Gasteiger partial charge in [0.2, 0.25) is 10.0 Å². The molecule has 2 atom stereocenters. The van der Waals surface area contributed by atoms with Crippen LogP contribution in [0.5, 0.6) is 0 Å². The summed E-state index contributed by atoms with van der Waals surface area (Å²) in [5, 5.41) is 3.27. The molecule has 0 saturated heterocycles. The maximum atomic E-state index is 13.0. The van der Waals surface area contributed by atoms with Crippen molar-refractivity contribution in [3.63, 3.8) is 0 Å². The van der Waals surface area contributed by atoms with Gasteiger partial charge in [-0.2, -0.15) is 0 Å². The van der Waals surface area contributed by atoms with E-state index in [0.29, 0.717) is 0 Å². The Labute approximate surface area is 161 Å². The van der Waals surface area contributed by atoms with Crippen LogP contribution in [0.1, 0.15) is 28.8 Å². The van der Waals surface area contributed by atoms with E-state index in [0.717, 1.165) is 16.7 Å². The topological polar surface area (TPSA) is 58.2 Å². The summed E-state index contributed by atoms with van der Waals surface area (Å²) < 4.78 is 29.0. The summed E-state index contributed by atoms with van der Waals surface area (Å²) >= 11 is 0. The molecule has 3 rings (SSSR count). The highest BCUT2D eigenvalue weighted by atomic mass is 32.2. The molecule has 3 aromatic rings. The molecule has 0 aliphatic heterocycles. The van der Waals surface area contributed by atoms with Gasteiger partial charge in [0.1, 0.15) is 0 Å². The fourth-order valence-corrected chi connectivity index (χ4v) is 4.36. The predicted octanol–water partition coefficient (Wildman–Crippen LogP) is 3.98. The average molecular weight is 381 g/mol. The minimum Gasteiger partial charge on any atom is -0.311 e. The second kappa shape index (κ2) is 8.48. The van der Waals surface area contributed by atoms with E-state index in [9.17, 15) is 8.42 Å². The van der Waals surface area contributed by atoms with Crippen LogP contribution in [-0.4, -0.2) is 15.5 Å². The number of rotatable bonds is 7. The molecule has 0 spiro atoms. The lowest BCUT2D eigenvalue weighted by Crippen LogP contribution is -2.37. The van der Waals surface area contributed by atoms with E-state index in [-0.39, 0.29) is 10.9 Å². The number of hydrogen-bond donors (Lipinski definition) is 2. The summed E-state index contributed by atoms with van der Waals surface area (Å²) in [5.74, 6) is 0. The lowest BCUT2D eigenvalue weighted by atomic mass is 9.94. The second-order valence-corrected chi connectivity index (χ2v) is 8.21. The fraction of sp³-hybridized carbons (Fsp3) is 0.182. The highest BCUT2D eigenvalue weighted by Gasteiger charge is 2.28. The molecule has 4 nitrogen and oxygen atoms in total. The number of aryl methyl sites for hydroxylation is 1. The van der Waals surface area contributed by atoms with E-state index in [1.165, 1.54) is 0 Å². The van der Waals surface area contributed by atoms with Crippen molar-refractivity contribution in [2.24, 2.45) is 0 Å². The van der Waals surface area contributed by atoms with Gasteiger partial charge in [-0.15, -0.1) is 0 Å². The lowest BCUT2D eigenvalue weighted by Gasteiger charge is -2.28. The molecule has 0 radical (unpaired) electrons. The first-order valence-electron chi connectivity index (χ1n) is 8.87. The van der Waals surface area contributed by atoms with Crippen LogP contribution in [0.25, 0.3) is 0 Å². The summed E-state index contributed by atoms with van der Waals surface area (Å²) in [6.07, 6.45) is 0. The Bertz CT molecular complexity index is 956. The average Bonchev–Trinajstić information content (AvgIpc) is 2.69. The summed E-state index contributed by atoms with van der Waals surface area (Å²) in [5.41, 5.74) is 2.93. The van der Waals surface area contributed by atoms with Gasteiger partial charge >= 0.3 is 0 Å². The van der Waals surface area contributed by atoms with Gasteiger partial charge in [-0.05, 0) is 37.2 Å². The normalized spacial score (nSPS) is 13.9. The smallest absolute Gasteiger partial charge is 0.241 e. The molecule has 0 heterocycles. The molecule has 5 heteroatoms. The molecule has 0 unspecified atom stereocenters. The summed E-state index contributed by atoms with van der Waals surface area (Å²) in [6, 6.07) is 25.7. The van der Waals surface area contributed by atoms with Crippen LogP contribution in [0.3, 0.4) is 0 Å². The Morgan fingerprint density at radius 3 is 1.67 bits per heavy atom. The molecular formula is C22H24N2O2S. The first-order chi connectivity index (χ1) is 13.0. The zero-order valence-corrected chi connectivity index (χ0v) is 16.3. The van der Waals surface area contributed by atoms with Crippen LogP contribution in [0.4, 0.5) is 0 Å². The molecule has 0 bridgehead atoms. The molecule has 0 amide bonds. The number of nitrogens with one attached hydrogen (secondary N) is 2. The lowest BCUT2D eigenvalue weighted by molar-refractivity contribution is 0.451. The molecule has 3 aromatic carbocycles. The summed E-state index contributed by atoms with van der Waals surface area (Å²) in [6.45, 7) is 1.93. The molecule has 0 aliphatic rings. The van der Waals surface area contributed by atoms with Crippen molar-refractivity contribution < 1.29 is 8.42 Å². The first kappa shape index (κ1) is 19.3. The quantitative estimate of drug-likeness (QED) is 0.652. The van der Waals surface area contributed by atoms with Gasteiger partial charge in [0.05, 0.1) is 17.0 Å². The van der Waals surface area contributed by atoms with Crippen LogP contribution in [0, 0.1) is 6.92 Å². The Morgan fingerprint density at radius 2 is 1.19 bits per heavy atom. The Morgan fingerprint density at radius 1 is 0.704 bits per heavy atom.